The molecule has 0 unspecified atom stereocenters. The Bertz CT molecular complexity index is 437. The maximum absolute atomic E-state index is 12.5. The largest absolute Gasteiger partial charge is 0.296 e. The third kappa shape index (κ3) is 3.17. The molecule has 0 fully saturated rings. The minimum atomic E-state index is -0.240. The zero-order valence-corrected chi connectivity index (χ0v) is 12.7. The molecule has 19 heavy (non-hydrogen) atoms. The lowest BCUT2D eigenvalue weighted by Crippen LogP contribution is -2.32. The Hall–Kier alpha value is -0.890. The molecule has 0 atom stereocenters. The van der Waals surface area contributed by atoms with Gasteiger partial charge in [0.05, 0.1) is 0 Å². The highest BCUT2D eigenvalue weighted by Gasteiger charge is 2.20. The fourth-order valence-electron chi connectivity index (χ4n) is 3.02. The van der Waals surface area contributed by atoms with Crippen molar-refractivity contribution in [2.24, 2.45) is 0 Å². The maximum atomic E-state index is 12.5. The summed E-state index contributed by atoms with van der Waals surface area (Å²) in [5.74, 6) is 1.13. The van der Waals surface area contributed by atoms with Crippen LogP contribution in [0.2, 0.25) is 0 Å². The fourth-order valence-corrected chi connectivity index (χ4v) is 3.02. The van der Waals surface area contributed by atoms with Crippen LogP contribution in [0, 0.1) is 0 Å². The van der Waals surface area contributed by atoms with Crippen molar-refractivity contribution in [2.45, 2.75) is 52.5 Å². The van der Waals surface area contributed by atoms with E-state index in [1.54, 1.807) is 0 Å². The topological polar surface area (TPSA) is 3.24 Å². The van der Waals surface area contributed by atoms with E-state index in [9.17, 15) is 4.39 Å². The lowest BCUT2D eigenvalue weighted by atomic mass is 9.85. The van der Waals surface area contributed by atoms with Gasteiger partial charge in [-0.1, -0.05) is 39.8 Å². The Morgan fingerprint density at radius 2 is 1.63 bits per heavy atom. The molecule has 2 rings (SSSR count). The summed E-state index contributed by atoms with van der Waals surface area (Å²) in [6, 6.07) is 4.78. The molecular formula is C17H26FN. The van der Waals surface area contributed by atoms with E-state index < -0.39 is 0 Å². The molecule has 2 heteroatoms. The van der Waals surface area contributed by atoms with Crippen molar-refractivity contribution in [2.75, 3.05) is 19.8 Å². The van der Waals surface area contributed by atoms with Gasteiger partial charge in [0.25, 0.3) is 0 Å². The number of hydrogen-bond acceptors (Lipinski definition) is 1. The standard InChI is InChI=1S/C17H26FN/c1-12(2)16-9-14-5-7-19(8-6-18)11-15(14)10-17(16)13(3)4/h9-10,12-13H,5-8,11H2,1-4H3. The molecule has 0 amide bonds. The first-order valence-electron chi connectivity index (χ1n) is 7.46. The summed E-state index contributed by atoms with van der Waals surface area (Å²) >= 11 is 0. The molecule has 0 saturated carbocycles. The number of benzene rings is 1. The van der Waals surface area contributed by atoms with Gasteiger partial charge in [0.2, 0.25) is 0 Å². The first-order chi connectivity index (χ1) is 9.02. The van der Waals surface area contributed by atoms with E-state index in [1.807, 2.05) is 0 Å². The molecule has 1 nitrogen and oxygen atoms in total. The summed E-state index contributed by atoms with van der Waals surface area (Å²) in [6.07, 6.45) is 1.06. The van der Waals surface area contributed by atoms with Crippen molar-refractivity contribution in [1.29, 1.82) is 0 Å². The van der Waals surface area contributed by atoms with Gasteiger partial charge < -0.3 is 0 Å². The molecule has 0 aliphatic carbocycles. The minimum absolute atomic E-state index is 0.240. The van der Waals surface area contributed by atoms with Gasteiger partial charge in [-0.15, -0.1) is 0 Å². The normalized spacial score (nSPS) is 16.2. The van der Waals surface area contributed by atoms with Crippen LogP contribution in [0.1, 0.15) is 61.8 Å². The summed E-state index contributed by atoms with van der Waals surface area (Å²) in [4.78, 5) is 2.22. The minimum Gasteiger partial charge on any atom is -0.296 e. The van der Waals surface area contributed by atoms with Crippen molar-refractivity contribution in [3.63, 3.8) is 0 Å². The smallest absolute Gasteiger partial charge is 0.102 e. The second-order valence-corrected chi connectivity index (χ2v) is 6.27. The van der Waals surface area contributed by atoms with E-state index in [0.717, 1.165) is 19.5 Å². The number of hydrogen-bond donors (Lipinski definition) is 0. The third-order valence-corrected chi connectivity index (χ3v) is 4.14. The van der Waals surface area contributed by atoms with Crippen molar-refractivity contribution < 1.29 is 4.39 Å². The van der Waals surface area contributed by atoms with Gasteiger partial charge in [-0.05, 0) is 40.5 Å². The highest BCUT2D eigenvalue weighted by Crippen LogP contribution is 2.31. The van der Waals surface area contributed by atoms with E-state index in [-0.39, 0.29) is 6.67 Å². The first-order valence-corrected chi connectivity index (χ1v) is 7.46. The fraction of sp³-hybridized carbons (Fsp3) is 0.647. The van der Waals surface area contributed by atoms with Gasteiger partial charge in [0.1, 0.15) is 6.67 Å². The van der Waals surface area contributed by atoms with Crippen LogP contribution in [0.3, 0.4) is 0 Å². The maximum Gasteiger partial charge on any atom is 0.102 e. The van der Waals surface area contributed by atoms with Crippen LogP contribution in [0.5, 0.6) is 0 Å². The molecule has 0 bridgehead atoms. The summed E-state index contributed by atoms with van der Waals surface area (Å²) in [6.45, 7) is 11.3. The molecule has 1 aliphatic heterocycles. The monoisotopic (exact) mass is 263 g/mol. The third-order valence-electron chi connectivity index (χ3n) is 4.14. The Balaban J connectivity index is 2.35. The Morgan fingerprint density at radius 1 is 1.05 bits per heavy atom. The summed E-state index contributed by atoms with van der Waals surface area (Å²) in [7, 11) is 0. The van der Waals surface area contributed by atoms with E-state index in [2.05, 4.69) is 44.7 Å². The number of nitrogens with zero attached hydrogens (tertiary/aromatic N) is 1. The van der Waals surface area contributed by atoms with Crippen LogP contribution < -0.4 is 0 Å². The molecule has 1 heterocycles. The van der Waals surface area contributed by atoms with E-state index in [0.29, 0.717) is 18.4 Å². The molecular weight excluding hydrogens is 237 g/mol. The number of fused-ring (bicyclic) bond motifs is 1. The van der Waals surface area contributed by atoms with Crippen molar-refractivity contribution in [3.05, 3.63) is 34.4 Å². The average Bonchev–Trinajstić information content (AvgIpc) is 2.37. The molecule has 106 valence electrons. The van der Waals surface area contributed by atoms with Crippen molar-refractivity contribution in [3.8, 4) is 0 Å². The molecule has 0 N–H and O–H groups in total. The predicted octanol–water partition coefficient (Wildman–Crippen LogP) is 4.26. The quantitative estimate of drug-likeness (QED) is 0.784. The van der Waals surface area contributed by atoms with E-state index in [4.69, 9.17) is 0 Å². The Kier molecular flexibility index (Phi) is 4.62. The lowest BCUT2D eigenvalue weighted by Gasteiger charge is -2.30. The molecule has 0 spiro atoms. The van der Waals surface area contributed by atoms with Crippen LogP contribution in [-0.2, 0) is 13.0 Å². The molecule has 1 aliphatic rings. The number of halogens is 1. The lowest BCUT2D eigenvalue weighted by molar-refractivity contribution is 0.231. The van der Waals surface area contributed by atoms with E-state index in [1.165, 1.54) is 22.3 Å². The van der Waals surface area contributed by atoms with Gasteiger partial charge in [0.15, 0.2) is 0 Å². The second-order valence-electron chi connectivity index (χ2n) is 6.27. The van der Waals surface area contributed by atoms with Gasteiger partial charge in [-0.2, -0.15) is 0 Å². The van der Waals surface area contributed by atoms with E-state index >= 15 is 0 Å². The second kappa shape index (κ2) is 6.04. The van der Waals surface area contributed by atoms with Gasteiger partial charge >= 0.3 is 0 Å². The molecule has 0 aromatic heterocycles. The zero-order valence-electron chi connectivity index (χ0n) is 12.7. The van der Waals surface area contributed by atoms with Crippen molar-refractivity contribution >= 4 is 0 Å². The van der Waals surface area contributed by atoms with Crippen LogP contribution >= 0.6 is 0 Å². The zero-order chi connectivity index (χ0) is 14.0. The molecule has 0 saturated heterocycles. The molecule has 1 aromatic carbocycles. The SMILES string of the molecule is CC(C)c1cc2c(cc1C(C)C)CN(CCF)CC2. The predicted molar refractivity (Wildman–Crippen MR) is 79.6 cm³/mol. The summed E-state index contributed by atoms with van der Waals surface area (Å²) in [5, 5.41) is 0. The van der Waals surface area contributed by atoms with Gasteiger partial charge in [-0.3, -0.25) is 4.90 Å². The first kappa shape index (κ1) is 14.5. The molecule has 1 aromatic rings. The summed E-state index contributed by atoms with van der Waals surface area (Å²) in [5.41, 5.74) is 5.85. The number of rotatable bonds is 4. The van der Waals surface area contributed by atoms with Crippen LogP contribution in [0.25, 0.3) is 0 Å². The van der Waals surface area contributed by atoms with Crippen molar-refractivity contribution in [1.82, 2.24) is 4.90 Å². The van der Waals surface area contributed by atoms with Gasteiger partial charge in [-0.25, -0.2) is 4.39 Å². The summed E-state index contributed by atoms with van der Waals surface area (Å²) < 4.78 is 12.5. The highest BCUT2D eigenvalue weighted by atomic mass is 19.1. The van der Waals surface area contributed by atoms with Crippen LogP contribution in [0.15, 0.2) is 12.1 Å². The Morgan fingerprint density at radius 3 is 2.16 bits per heavy atom. The van der Waals surface area contributed by atoms with Crippen LogP contribution in [-0.4, -0.2) is 24.7 Å². The Labute approximate surface area is 116 Å². The number of alkyl halides is 1. The molecule has 0 radical (unpaired) electrons. The average molecular weight is 263 g/mol. The van der Waals surface area contributed by atoms with Crippen LogP contribution in [0.4, 0.5) is 4.39 Å². The van der Waals surface area contributed by atoms with Gasteiger partial charge in [0, 0.05) is 19.6 Å². The highest BCUT2D eigenvalue weighted by molar-refractivity contribution is 5.42.